The Morgan fingerprint density at radius 1 is 0.923 bits per heavy atom. The minimum Gasteiger partial charge on any atom is -0.493 e. The van der Waals surface area contributed by atoms with Crippen molar-refractivity contribution in [3.8, 4) is 23.0 Å². The SMILES string of the molecule is COc1ccc(CN(C)C(=O)COc2ccccc2C)c(OC)c1OC. The molecule has 1 amide bonds. The van der Waals surface area contributed by atoms with Gasteiger partial charge in [-0.1, -0.05) is 18.2 Å². The molecule has 0 heterocycles. The maximum absolute atomic E-state index is 12.4. The van der Waals surface area contributed by atoms with Crippen LogP contribution in [0.15, 0.2) is 36.4 Å². The molecule has 0 atom stereocenters. The highest BCUT2D eigenvalue weighted by Crippen LogP contribution is 2.40. The lowest BCUT2D eigenvalue weighted by Crippen LogP contribution is -2.31. The van der Waals surface area contributed by atoms with Crippen molar-refractivity contribution in [1.29, 1.82) is 0 Å². The number of carbonyl (C=O) groups excluding carboxylic acids is 1. The highest BCUT2D eigenvalue weighted by Gasteiger charge is 2.19. The van der Waals surface area contributed by atoms with Crippen molar-refractivity contribution in [1.82, 2.24) is 4.90 Å². The minimum absolute atomic E-state index is 0.0308. The van der Waals surface area contributed by atoms with Crippen molar-refractivity contribution < 1.29 is 23.7 Å². The Kier molecular flexibility index (Phi) is 6.72. The van der Waals surface area contributed by atoms with Crippen LogP contribution in [0.25, 0.3) is 0 Å². The second kappa shape index (κ2) is 8.99. The maximum atomic E-state index is 12.4. The molecule has 0 unspecified atom stereocenters. The Bertz CT molecular complexity index is 760. The Balaban J connectivity index is 2.08. The van der Waals surface area contributed by atoms with Crippen LogP contribution in [0.3, 0.4) is 0 Å². The average Bonchev–Trinajstić information content (AvgIpc) is 2.66. The number of nitrogens with zero attached hydrogens (tertiary/aromatic N) is 1. The summed E-state index contributed by atoms with van der Waals surface area (Å²) in [6.45, 7) is 2.27. The molecular formula is C20H25NO5. The second-order valence-corrected chi connectivity index (χ2v) is 5.80. The van der Waals surface area contributed by atoms with E-state index in [2.05, 4.69) is 0 Å². The fraction of sp³-hybridized carbons (Fsp3) is 0.350. The summed E-state index contributed by atoms with van der Waals surface area (Å²) in [5.41, 5.74) is 1.81. The molecule has 2 rings (SSSR count). The van der Waals surface area contributed by atoms with E-state index in [1.807, 2.05) is 37.3 Å². The van der Waals surface area contributed by atoms with Crippen LogP contribution < -0.4 is 18.9 Å². The van der Waals surface area contributed by atoms with Crippen LogP contribution in [-0.2, 0) is 11.3 Å². The van der Waals surface area contributed by atoms with Crippen LogP contribution in [0.1, 0.15) is 11.1 Å². The van der Waals surface area contributed by atoms with E-state index in [-0.39, 0.29) is 12.5 Å². The molecule has 2 aromatic carbocycles. The first-order valence-corrected chi connectivity index (χ1v) is 8.22. The summed E-state index contributed by atoms with van der Waals surface area (Å²) in [5, 5.41) is 0. The lowest BCUT2D eigenvalue weighted by molar-refractivity contribution is -0.132. The fourth-order valence-corrected chi connectivity index (χ4v) is 2.60. The fourth-order valence-electron chi connectivity index (χ4n) is 2.60. The zero-order valence-electron chi connectivity index (χ0n) is 15.9. The highest BCUT2D eigenvalue weighted by molar-refractivity contribution is 5.77. The predicted octanol–water partition coefficient (Wildman–Crippen LogP) is 3.06. The zero-order valence-corrected chi connectivity index (χ0v) is 15.9. The van der Waals surface area contributed by atoms with E-state index in [1.165, 1.54) is 0 Å². The van der Waals surface area contributed by atoms with Gasteiger partial charge in [0.25, 0.3) is 5.91 Å². The number of amides is 1. The van der Waals surface area contributed by atoms with Gasteiger partial charge in [0.1, 0.15) is 5.75 Å². The number of benzene rings is 2. The summed E-state index contributed by atoms with van der Waals surface area (Å²) < 4.78 is 21.8. The first-order chi connectivity index (χ1) is 12.5. The van der Waals surface area contributed by atoms with Crippen LogP contribution in [0.2, 0.25) is 0 Å². The number of hydrogen-bond donors (Lipinski definition) is 0. The van der Waals surface area contributed by atoms with Crippen molar-refractivity contribution in [3.05, 3.63) is 47.5 Å². The molecule has 0 aromatic heterocycles. The van der Waals surface area contributed by atoms with Crippen molar-refractivity contribution in [2.45, 2.75) is 13.5 Å². The van der Waals surface area contributed by atoms with Crippen molar-refractivity contribution in [2.24, 2.45) is 0 Å². The number of likely N-dealkylation sites (N-methyl/N-ethyl adjacent to an activating group) is 1. The number of ether oxygens (including phenoxy) is 4. The molecule has 0 N–H and O–H groups in total. The monoisotopic (exact) mass is 359 g/mol. The smallest absolute Gasteiger partial charge is 0.260 e. The Morgan fingerprint density at radius 3 is 2.23 bits per heavy atom. The third kappa shape index (κ3) is 4.39. The summed E-state index contributed by atoms with van der Waals surface area (Å²) in [4.78, 5) is 14.0. The molecule has 6 heteroatoms. The van der Waals surface area contributed by atoms with Gasteiger partial charge in [0.05, 0.1) is 21.3 Å². The van der Waals surface area contributed by atoms with Gasteiger partial charge in [0, 0.05) is 19.2 Å². The van der Waals surface area contributed by atoms with Gasteiger partial charge in [-0.3, -0.25) is 4.79 Å². The molecule has 0 spiro atoms. The number of methoxy groups -OCH3 is 3. The standard InChI is InChI=1S/C20H25NO5/c1-14-8-6-7-9-16(14)26-13-18(22)21(2)12-15-10-11-17(23-3)20(25-5)19(15)24-4/h6-11H,12-13H2,1-5H3. The van der Waals surface area contributed by atoms with Crippen molar-refractivity contribution in [3.63, 3.8) is 0 Å². The van der Waals surface area contributed by atoms with Gasteiger partial charge in [-0.15, -0.1) is 0 Å². The maximum Gasteiger partial charge on any atom is 0.260 e. The molecule has 0 saturated heterocycles. The highest BCUT2D eigenvalue weighted by atomic mass is 16.5. The van der Waals surface area contributed by atoms with Gasteiger partial charge < -0.3 is 23.8 Å². The molecule has 0 aliphatic heterocycles. The predicted molar refractivity (Wildman–Crippen MR) is 99.2 cm³/mol. The van der Waals surface area contributed by atoms with Crippen LogP contribution >= 0.6 is 0 Å². The van der Waals surface area contributed by atoms with Gasteiger partial charge in [-0.2, -0.15) is 0 Å². The lowest BCUT2D eigenvalue weighted by atomic mass is 10.1. The molecule has 0 radical (unpaired) electrons. The third-order valence-corrected chi connectivity index (χ3v) is 4.06. The molecule has 0 bridgehead atoms. The van der Waals surface area contributed by atoms with E-state index >= 15 is 0 Å². The van der Waals surface area contributed by atoms with Gasteiger partial charge in [0.2, 0.25) is 5.75 Å². The van der Waals surface area contributed by atoms with E-state index < -0.39 is 0 Å². The summed E-state index contributed by atoms with van der Waals surface area (Å²) >= 11 is 0. The van der Waals surface area contributed by atoms with E-state index in [0.717, 1.165) is 11.1 Å². The molecule has 26 heavy (non-hydrogen) atoms. The van der Waals surface area contributed by atoms with Crippen LogP contribution in [0.5, 0.6) is 23.0 Å². The van der Waals surface area contributed by atoms with Gasteiger partial charge in [-0.05, 0) is 30.7 Å². The molecule has 6 nitrogen and oxygen atoms in total. The number of hydrogen-bond acceptors (Lipinski definition) is 5. The van der Waals surface area contributed by atoms with Gasteiger partial charge >= 0.3 is 0 Å². The molecule has 140 valence electrons. The van der Waals surface area contributed by atoms with E-state index in [9.17, 15) is 4.79 Å². The quantitative estimate of drug-likeness (QED) is 0.725. The molecule has 0 aliphatic rings. The molecule has 0 fully saturated rings. The van der Waals surface area contributed by atoms with E-state index in [0.29, 0.717) is 29.5 Å². The Morgan fingerprint density at radius 2 is 1.62 bits per heavy atom. The molecule has 0 aliphatic carbocycles. The first kappa shape index (κ1) is 19.4. The number of para-hydroxylation sites is 1. The molecular weight excluding hydrogens is 334 g/mol. The lowest BCUT2D eigenvalue weighted by Gasteiger charge is -2.21. The first-order valence-electron chi connectivity index (χ1n) is 8.22. The molecule has 0 saturated carbocycles. The van der Waals surface area contributed by atoms with Crippen LogP contribution in [0, 0.1) is 6.92 Å². The Hall–Kier alpha value is -2.89. The minimum atomic E-state index is -0.134. The number of rotatable bonds is 8. The largest absolute Gasteiger partial charge is 0.493 e. The summed E-state index contributed by atoms with van der Waals surface area (Å²) in [7, 11) is 6.40. The topological polar surface area (TPSA) is 57.2 Å². The van der Waals surface area contributed by atoms with Crippen molar-refractivity contribution in [2.75, 3.05) is 35.0 Å². The van der Waals surface area contributed by atoms with Crippen molar-refractivity contribution >= 4 is 5.91 Å². The van der Waals surface area contributed by atoms with Crippen LogP contribution in [-0.4, -0.2) is 45.8 Å². The Labute approximate surface area is 154 Å². The zero-order chi connectivity index (χ0) is 19.1. The van der Waals surface area contributed by atoms with Gasteiger partial charge in [-0.25, -0.2) is 0 Å². The van der Waals surface area contributed by atoms with E-state index in [1.54, 1.807) is 39.3 Å². The summed E-state index contributed by atoms with van der Waals surface area (Å²) in [6, 6.07) is 11.2. The summed E-state index contributed by atoms with van der Waals surface area (Å²) in [5.74, 6) is 2.20. The summed E-state index contributed by atoms with van der Waals surface area (Å²) in [6.07, 6.45) is 0. The number of aryl methyl sites for hydroxylation is 1. The van der Waals surface area contributed by atoms with Gasteiger partial charge in [0.15, 0.2) is 18.1 Å². The normalized spacial score (nSPS) is 10.2. The third-order valence-electron chi connectivity index (χ3n) is 4.06. The second-order valence-electron chi connectivity index (χ2n) is 5.80. The number of carbonyl (C=O) groups is 1. The molecule has 2 aromatic rings. The average molecular weight is 359 g/mol. The van der Waals surface area contributed by atoms with E-state index in [4.69, 9.17) is 18.9 Å². The van der Waals surface area contributed by atoms with Crippen LogP contribution in [0.4, 0.5) is 0 Å².